The topological polar surface area (TPSA) is 42.2 Å². The van der Waals surface area contributed by atoms with Crippen molar-refractivity contribution < 1.29 is 9.21 Å². The molecule has 0 bridgehead atoms. The summed E-state index contributed by atoms with van der Waals surface area (Å²) in [6, 6.07) is 11.2. The lowest BCUT2D eigenvalue weighted by atomic mass is 10.1. The van der Waals surface area contributed by atoms with Gasteiger partial charge in [0.15, 0.2) is 0 Å². The SMILES string of the molecule is C[C@@H](NC(=O)c1ccoc1Cl)c1ccccc1. The quantitative estimate of drug-likeness (QED) is 0.906. The number of hydrogen-bond acceptors (Lipinski definition) is 2. The molecule has 0 fully saturated rings. The first-order chi connectivity index (χ1) is 8.18. The maximum atomic E-state index is 11.9. The highest BCUT2D eigenvalue weighted by molar-refractivity contribution is 6.32. The average molecular weight is 250 g/mol. The van der Waals surface area contributed by atoms with E-state index in [-0.39, 0.29) is 17.2 Å². The molecule has 88 valence electrons. The lowest BCUT2D eigenvalue weighted by Crippen LogP contribution is -2.26. The summed E-state index contributed by atoms with van der Waals surface area (Å²) in [6.07, 6.45) is 1.39. The first-order valence-corrected chi connectivity index (χ1v) is 5.65. The summed E-state index contributed by atoms with van der Waals surface area (Å²) in [5, 5.41) is 2.97. The van der Waals surface area contributed by atoms with Crippen LogP contribution in [0.2, 0.25) is 5.22 Å². The molecule has 0 unspecified atom stereocenters. The van der Waals surface area contributed by atoms with E-state index in [2.05, 4.69) is 5.32 Å². The average Bonchev–Trinajstić information content (AvgIpc) is 2.76. The van der Waals surface area contributed by atoms with Gasteiger partial charge in [0.25, 0.3) is 5.91 Å². The highest BCUT2D eigenvalue weighted by Crippen LogP contribution is 2.18. The third-order valence-electron chi connectivity index (χ3n) is 2.51. The Morgan fingerprint density at radius 1 is 1.29 bits per heavy atom. The summed E-state index contributed by atoms with van der Waals surface area (Å²) < 4.78 is 4.88. The number of carbonyl (C=O) groups excluding carboxylic acids is 1. The third kappa shape index (κ3) is 2.68. The molecule has 0 spiro atoms. The molecule has 1 aromatic carbocycles. The Hall–Kier alpha value is -1.74. The van der Waals surface area contributed by atoms with E-state index in [1.165, 1.54) is 6.26 Å². The monoisotopic (exact) mass is 249 g/mol. The molecule has 0 saturated heterocycles. The van der Waals surface area contributed by atoms with Gasteiger partial charge in [0.1, 0.15) is 0 Å². The molecule has 1 heterocycles. The summed E-state index contributed by atoms with van der Waals surface area (Å²) in [4.78, 5) is 11.9. The van der Waals surface area contributed by atoms with Crippen molar-refractivity contribution in [2.75, 3.05) is 0 Å². The molecule has 4 heteroatoms. The maximum Gasteiger partial charge on any atom is 0.256 e. The van der Waals surface area contributed by atoms with Gasteiger partial charge in [-0.2, -0.15) is 0 Å². The van der Waals surface area contributed by atoms with Crippen LogP contribution in [0.1, 0.15) is 28.9 Å². The van der Waals surface area contributed by atoms with Gasteiger partial charge in [-0.1, -0.05) is 30.3 Å². The largest absolute Gasteiger partial charge is 0.452 e. The first-order valence-electron chi connectivity index (χ1n) is 5.27. The van der Waals surface area contributed by atoms with Crippen LogP contribution in [0, 0.1) is 0 Å². The van der Waals surface area contributed by atoms with Crippen LogP contribution in [0.3, 0.4) is 0 Å². The molecule has 0 saturated carbocycles. The van der Waals surface area contributed by atoms with Crippen LogP contribution in [0.15, 0.2) is 47.1 Å². The standard InChI is InChI=1S/C13H12ClNO2/c1-9(10-5-3-2-4-6-10)15-13(16)11-7-8-17-12(11)14/h2-9H,1H3,(H,15,16)/t9-/m1/s1. The highest BCUT2D eigenvalue weighted by Gasteiger charge is 2.15. The van der Waals surface area contributed by atoms with Gasteiger partial charge >= 0.3 is 0 Å². The minimum absolute atomic E-state index is 0.0744. The number of benzene rings is 1. The van der Waals surface area contributed by atoms with E-state index in [4.69, 9.17) is 16.0 Å². The van der Waals surface area contributed by atoms with E-state index >= 15 is 0 Å². The van der Waals surface area contributed by atoms with E-state index in [0.29, 0.717) is 5.56 Å². The molecule has 0 aliphatic heterocycles. The van der Waals surface area contributed by atoms with Gasteiger partial charge in [0, 0.05) is 0 Å². The fourth-order valence-electron chi connectivity index (χ4n) is 1.56. The van der Waals surface area contributed by atoms with E-state index in [1.54, 1.807) is 6.07 Å². The van der Waals surface area contributed by atoms with Crippen molar-refractivity contribution in [3.63, 3.8) is 0 Å². The summed E-state index contributed by atoms with van der Waals surface area (Å²) in [5.41, 5.74) is 1.40. The van der Waals surface area contributed by atoms with E-state index in [1.807, 2.05) is 37.3 Å². The predicted molar refractivity (Wildman–Crippen MR) is 66.0 cm³/mol. The zero-order chi connectivity index (χ0) is 12.3. The highest BCUT2D eigenvalue weighted by atomic mass is 35.5. The van der Waals surface area contributed by atoms with Crippen LogP contribution in [-0.2, 0) is 0 Å². The van der Waals surface area contributed by atoms with Crippen molar-refractivity contribution in [2.24, 2.45) is 0 Å². The third-order valence-corrected chi connectivity index (χ3v) is 2.80. The number of halogens is 1. The van der Waals surface area contributed by atoms with Gasteiger partial charge in [0.05, 0.1) is 17.9 Å². The Bertz CT molecular complexity index is 507. The predicted octanol–water partition coefficient (Wildman–Crippen LogP) is 3.42. The molecular weight excluding hydrogens is 238 g/mol. The van der Waals surface area contributed by atoms with Gasteiger partial charge in [0.2, 0.25) is 5.22 Å². The zero-order valence-corrected chi connectivity index (χ0v) is 10.1. The number of rotatable bonds is 3. The Kier molecular flexibility index (Phi) is 3.49. The van der Waals surface area contributed by atoms with Crippen molar-refractivity contribution in [1.29, 1.82) is 0 Å². The zero-order valence-electron chi connectivity index (χ0n) is 9.31. The summed E-state index contributed by atoms with van der Waals surface area (Å²) in [6.45, 7) is 1.92. The first kappa shape index (κ1) is 11.7. The maximum absolute atomic E-state index is 11.9. The molecule has 1 aromatic heterocycles. The molecule has 1 atom stereocenters. The van der Waals surface area contributed by atoms with Crippen molar-refractivity contribution in [3.05, 3.63) is 59.0 Å². The number of hydrogen-bond donors (Lipinski definition) is 1. The van der Waals surface area contributed by atoms with Crippen LogP contribution in [0.5, 0.6) is 0 Å². The summed E-state index contributed by atoms with van der Waals surface area (Å²) >= 11 is 5.74. The second-order valence-corrected chi connectivity index (χ2v) is 4.06. The Labute approximate surface area is 104 Å². The minimum atomic E-state index is -0.236. The molecule has 0 radical (unpaired) electrons. The van der Waals surface area contributed by atoms with E-state index in [0.717, 1.165) is 5.56 Å². The number of furan rings is 1. The molecule has 17 heavy (non-hydrogen) atoms. The molecule has 2 aromatic rings. The molecule has 1 amide bonds. The second kappa shape index (κ2) is 5.06. The van der Waals surface area contributed by atoms with Gasteiger partial charge in [-0.3, -0.25) is 4.79 Å². The van der Waals surface area contributed by atoms with Crippen molar-refractivity contribution in [2.45, 2.75) is 13.0 Å². The number of carbonyl (C=O) groups is 1. The molecule has 0 aliphatic carbocycles. The molecule has 0 aliphatic rings. The van der Waals surface area contributed by atoms with Crippen LogP contribution >= 0.6 is 11.6 Å². The van der Waals surface area contributed by atoms with Crippen LogP contribution in [-0.4, -0.2) is 5.91 Å². The fourth-order valence-corrected chi connectivity index (χ4v) is 1.76. The van der Waals surface area contributed by atoms with Crippen LogP contribution in [0.4, 0.5) is 0 Å². The van der Waals surface area contributed by atoms with E-state index in [9.17, 15) is 4.79 Å². The van der Waals surface area contributed by atoms with Gasteiger partial charge < -0.3 is 9.73 Å². The van der Waals surface area contributed by atoms with Gasteiger partial charge in [-0.05, 0) is 30.2 Å². The van der Waals surface area contributed by atoms with Crippen molar-refractivity contribution >= 4 is 17.5 Å². The van der Waals surface area contributed by atoms with Crippen molar-refractivity contribution in [3.8, 4) is 0 Å². The Morgan fingerprint density at radius 3 is 2.59 bits per heavy atom. The molecule has 1 N–H and O–H groups in total. The van der Waals surface area contributed by atoms with Crippen molar-refractivity contribution in [1.82, 2.24) is 5.32 Å². The molecular formula is C13H12ClNO2. The fraction of sp³-hybridized carbons (Fsp3) is 0.154. The van der Waals surface area contributed by atoms with Gasteiger partial charge in [-0.15, -0.1) is 0 Å². The van der Waals surface area contributed by atoms with E-state index < -0.39 is 0 Å². The minimum Gasteiger partial charge on any atom is -0.452 e. The van der Waals surface area contributed by atoms with Crippen LogP contribution < -0.4 is 5.32 Å². The smallest absolute Gasteiger partial charge is 0.256 e. The van der Waals surface area contributed by atoms with Crippen LogP contribution in [0.25, 0.3) is 0 Å². The Balaban J connectivity index is 2.08. The summed E-state index contributed by atoms with van der Waals surface area (Å²) in [5.74, 6) is -0.236. The number of amides is 1. The molecule has 2 rings (SSSR count). The van der Waals surface area contributed by atoms with Gasteiger partial charge in [-0.25, -0.2) is 0 Å². The normalized spacial score (nSPS) is 12.1. The molecule has 3 nitrogen and oxygen atoms in total. The summed E-state index contributed by atoms with van der Waals surface area (Å²) in [7, 11) is 0. The second-order valence-electron chi connectivity index (χ2n) is 3.71. The lowest BCUT2D eigenvalue weighted by Gasteiger charge is -2.13. The number of nitrogens with one attached hydrogen (secondary N) is 1. The lowest BCUT2D eigenvalue weighted by molar-refractivity contribution is 0.0939. The Morgan fingerprint density at radius 2 is 2.00 bits per heavy atom.